The number of hydrogen-bond donors (Lipinski definition) is 0. The molecule has 1 fully saturated rings. The van der Waals surface area contributed by atoms with E-state index in [0.717, 1.165) is 24.2 Å². The molecule has 1 aromatic carbocycles. The molecule has 16 heavy (non-hydrogen) atoms. The smallest absolute Gasteiger partial charge is 0.101 e. The van der Waals surface area contributed by atoms with E-state index < -0.39 is 0 Å². The van der Waals surface area contributed by atoms with E-state index in [1.807, 2.05) is 36.5 Å². The molecule has 3 heteroatoms. The van der Waals surface area contributed by atoms with Gasteiger partial charge in [-0.1, -0.05) is 29.3 Å². The Morgan fingerprint density at radius 3 is 2.62 bits per heavy atom. The van der Waals surface area contributed by atoms with Crippen LogP contribution in [-0.4, -0.2) is 15.0 Å². The maximum Gasteiger partial charge on any atom is 0.101 e. The van der Waals surface area contributed by atoms with E-state index in [9.17, 15) is 0 Å². The molecular formula is C13H11N3. The van der Waals surface area contributed by atoms with Crippen molar-refractivity contribution in [1.29, 1.82) is 0 Å². The van der Waals surface area contributed by atoms with Gasteiger partial charge in [0.15, 0.2) is 0 Å². The number of terminal acetylenes is 1. The molecule has 0 saturated heterocycles. The minimum absolute atomic E-state index is 0.132. The largest absolute Gasteiger partial charge is 0.220 e. The van der Waals surface area contributed by atoms with Crippen LogP contribution in [0, 0.1) is 12.3 Å². The van der Waals surface area contributed by atoms with Crippen molar-refractivity contribution in [3.63, 3.8) is 0 Å². The van der Waals surface area contributed by atoms with E-state index in [0.29, 0.717) is 0 Å². The summed E-state index contributed by atoms with van der Waals surface area (Å²) in [5.41, 5.74) is 1.79. The van der Waals surface area contributed by atoms with Crippen LogP contribution in [0.5, 0.6) is 0 Å². The number of hydrogen-bond acceptors (Lipinski definition) is 2. The Morgan fingerprint density at radius 2 is 2.00 bits per heavy atom. The molecule has 0 aliphatic heterocycles. The zero-order valence-electron chi connectivity index (χ0n) is 8.80. The standard InChI is InChI=1S/C13H11N3/c1-2-13(8-9-13)12-10-16(15-14-12)11-6-4-3-5-7-11/h1,3-7,10H,8-9H2. The summed E-state index contributed by atoms with van der Waals surface area (Å²) in [6.07, 6.45) is 9.50. The van der Waals surface area contributed by atoms with Crippen LogP contribution in [0.2, 0.25) is 0 Å². The Hall–Kier alpha value is -2.08. The number of aromatic nitrogens is 3. The molecule has 0 unspecified atom stereocenters. The molecule has 1 saturated carbocycles. The van der Waals surface area contributed by atoms with Crippen molar-refractivity contribution in [2.75, 3.05) is 0 Å². The van der Waals surface area contributed by atoms with Gasteiger partial charge in [0.05, 0.1) is 17.3 Å². The lowest BCUT2D eigenvalue weighted by molar-refractivity contribution is 0.786. The molecule has 0 atom stereocenters. The van der Waals surface area contributed by atoms with E-state index in [2.05, 4.69) is 16.2 Å². The Balaban J connectivity index is 1.98. The highest BCUT2D eigenvalue weighted by atomic mass is 15.4. The summed E-state index contributed by atoms with van der Waals surface area (Å²) in [5, 5.41) is 8.28. The lowest BCUT2D eigenvalue weighted by atomic mass is 10.1. The summed E-state index contributed by atoms with van der Waals surface area (Å²) < 4.78 is 1.77. The minimum atomic E-state index is -0.132. The third-order valence-electron chi connectivity index (χ3n) is 3.03. The van der Waals surface area contributed by atoms with Crippen LogP contribution in [0.15, 0.2) is 36.5 Å². The van der Waals surface area contributed by atoms with Gasteiger partial charge in [-0.15, -0.1) is 11.5 Å². The van der Waals surface area contributed by atoms with Crippen molar-refractivity contribution in [1.82, 2.24) is 15.0 Å². The van der Waals surface area contributed by atoms with E-state index in [4.69, 9.17) is 6.42 Å². The molecule has 1 aromatic heterocycles. The molecular weight excluding hydrogens is 198 g/mol. The highest BCUT2D eigenvalue weighted by Gasteiger charge is 2.45. The maximum absolute atomic E-state index is 5.52. The van der Waals surface area contributed by atoms with Crippen LogP contribution in [0.1, 0.15) is 18.5 Å². The van der Waals surface area contributed by atoms with Gasteiger partial charge in [-0.2, -0.15) is 0 Å². The van der Waals surface area contributed by atoms with Crippen molar-refractivity contribution in [2.45, 2.75) is 18.3 Å². The normalized spacial score (nSPS) is 16.7. The van der Waals surface area contributed by atoms with Gasteiger partial charge >= 0.3 is 0 Å². The Bertz CT molecular complexity index is 544. The molecule has 0 bridgehead atoms. The van der Waals surface area contributed by atoms with Gasteiger partial charge in [-0.05, 0) is 25.0 Å². The van der Waals surface area contributed by atoms with Gasteiger partial charge in [0, 0.05) is 0 Å². The molecule has 2 aromatic rings. The van der Waals surface area contributed by atoms with Gasteiger partial charge in [0.25, 0.3) is 0 Å². The molecule has 1 aliphatic rings. The summed E-state index contributed by atoms with van der Waals surface area (Å²) in [6.45, 7) is 0. The first-order chi connectivity index (χ1) is 7.84. The van der Waals surface area contributed by atoms with E-state index in [-0.39, 0.29) is 5.41 Å². The number of para-hydroxylation sites is 1. The average Bonchev–Trinajstić information content (AvgIpc) is 3.00. The summed E-state index contributed by atoms with van der Waals surface area (Å²) in [5.74, 6) is 2.82. The summed E-state index contributed by atoms with van der Waals surface area (Å²) in [4.78, 5) is 0. The highest BCUT2D eigenvalue weighted by Crippen LogP contribution is 2.46. The van der Waals surface area contributed by atoms with Crippen molar-refractivity contribution in [2.24, 2.45) is 0 Å². The molecule has 1 aliphatic carbocycles. The fourth-order valence-electron chi connectivity index (χ4n) is 1.79. The second kappa shape index (κ2) is 3.21. The van der Waals surface area contributed by atoms with Gasteiger partial charge in [0.2, 0.25) is 0 Å². The topological polar surface area (TPSA) is 30.7 Å². The Kier molecular flexibility index (Phi) is 1.84. The number of nitrogens with zero attached hydrogens (tertiary/aromatic N) is 3. The van der Waals surface area contributed by atoms with Crippen LogP contribution in [0.25, 0.3) is 5.69 Å². The number of benzene rings is 1. The van der Waals surface area contributed by atoms with Crippen molar-refractivity contribution < 1.29 is 0 Å². The first kappa shape index (κ1) is 9.17. The molecule has 0 amide bonds. The Morgan fingerprint density at radius 1 is 1.25 bits per heavy atom. The molecule has 0 radical (unpaired) electrons. The van der Waals surface area contributed by atoms with Crippen molar-refractivity contribution in [3.05, 3.63) is 42.2 Å². The second-order valence-electron chi connectivity index (χ2n) is 4.11. The summed E-state index contributed by atoms with van der Waals surface area (Å²) in [7, 11) is 0. The molecule has 78 valence electrons. The van der Waals surface area contributed by atoms with Crippen LogP contribution in [0.3, 0.4) is 0 Å². The lowest BCUT2D eigenvalue weighted by Gasteiger charge is -2.00. The predicted molar refractivity (Wildman–Crippen MR) is 61.1 cm³/mol. The zero-order chi connectivity index (χ0) is 11.0. The summed E-state index contributed by atoms with van der Waals surface area (Å²) >= 11 is 0. The SMILES string of the molecule is C#CC1(c2cn(-c3ccccc3)nn2)CC1. The van der Waals surface area contributed by atoms with Crippen LogP contribution < -0.4 is 0 Å². The second-order valence-corrected chi connectivity index (χ2v) is 4.11. The van der Waals surface area contributed by atoms with Crippen LogP contribution >= 0.6 is 0 Å². The molecule has 1 heterocycles. The fourth-order valence-corrected chi connectivity index (χ4v) is 1.79. The van der Waals surface area contributed by atoms with E-state index >= 15 is 0 Å². The van der Waals surface area contributed by atoms with Gasteiger partial charge in [-0.25, -0.2) is 4.68 Å². The first-order valence-corrected chi connectivity index (χ1v) is 5.30. The number of rotatable bonds is 2. The average molecular weight is 209 g/mol. The Labute approximate surface area is 94.1 Å². The van der Waals surface area contributed by atoms with E-state index in [1.54, 1.807) is 4.68 Å². The van der Waals surface area contributed by atoms with Gasteiger partial charge in [0.1, 0.15) is 5.69 Å². The third-order valence-corrected chi connectivity index (χ3v) is 3.03. The monoisotopic (exact) mass is 209 g/mol. The predicted octanol–water partition coefficient (Wildman–Crippen LogP) is 1.93. The van der Waals surface area contributed by atoms with Gasteiger partial charge in [-0.3, -0.25) is 0 Å². The molecule has 0 spiro atoms. The fraction of sp³-hybridized carbons (Fsp3) is 0.231. The molecule has 3 rings (SSSR count). The van der Waals surface area contributed by atoms with Crippen LogP contribution in [0.4, 0.5) is 0 Å². The van der Waals surface area contributed by atoms with Crippen molar-refractivity contribution in [3.8, 4) is 18.0 Å². The van der Waals surface area contributed by atoms with Gasteiger partial charge < -0.3 is 0 Å². The third kappa shape index (κ3) is 1.31. The quantitative estimate of drug-likeness (QED) is 0.707. The highest BCUT2D eigenvalue weighted by molar-refractivity contribution is 5.37. The van der Waals surface area contributed by atoms with E-state index in [1.165, 1.54) is 0 Å². The summed E-state index contributed by atoms with van der Waals surface area (Å²) in [6, 6.07) is 9.92. The van der Waals surface area contributed by atoms with Crippen LogP contribution in [-0.2, 0) is 5.41 Å². The van der Waals surface area contributed by atoms with Crippen molar-refractivity contribution >= 4 is 0 Å². The first-order valence-electron chi connectivity index (χ1n) is 5.30. The molecule has 3 nitrogen and oxygen atoms in total. The lowest BCUT2D eigenvalue weighted by Crippen LogP contribution is -2.02. The molecule has 0 N–H and O–H groups in total. The zero-order valence-corrected chi connectivity index (χ0v) is 8.80. The minimum Gasteiger partial charge on any atom is -0.220 e. The maximum atomic E-state index is 5.52.